The summed E-state index contributed by atoms with van der Waals surface area (Å²) in [6, 6.07) is 6.31. The van der Waals surface area contributed by atoms with E-state index in [0.29, 0.717) is 11.7 Å². The van der Waals surface area contributed by atoms with Crippen molar-refractivity contribution in [3.8, 4) is 0 Å². The first-order chi connectivity index (χ1) is 7.68. The Hall–Kier alpha value is -1.81. The highest BCUT2D eigenvalue weighted by atomic mass is 35.5. The van der Waals surface area contributed by atoms with Gasteiger partial charge in [-0.1, -0.05) is 23.8 Å². The smallest absolute Gasteiger partial charge is 0.269 e. The van der Waals surface area contributed by atoms with Gasteiger partial charge in [0.2, 0.25) is 0 Å². The molecule has 0 saturated heterocycles. The average molecular weight is 237 g/mol. The SMILES string of the molecule is O=[N+]([O-])c1ccc(C2=C(Cl)NCC=C2)cc1. The number of allylic oxidation sites excluding steroid dienone is 2. The molecule has 1 N–H and O–H groups in total. The van der Waals surface area contributed by atoms with Gasteiger partial charge in [0.15, 0.2) is 0 Å². The Kier molecular flexibility index (Phi) is 2.92. The molecule has 0 bridgehead atoms. The van der Waals surface area contributed by atoms with Gasteiger partial charge in [-0.3, -0.25) is 10.1 Å². The normalized spacial score (nSPS) is 14.8. The summed E-state index contributed by atoms with van der Waals surface area (Å²) < 4.78 is 0. The van der Waals surface area contributed by atoms with Crippen LogP contribution in [-0.2, 0) is 0 Å². The maximum absolute atomic E-state index is 10.5. The Bertz CT molecular complexity index is 477. The summed E-state index contributed by atoms with van der Waals surface area (Å²) in [6.07, 6.45) is 3.85. The third kappa shape index (κ3) is 2.06. The first-order valence-electron chi connectivity index (χ1n) is 4.73. The zero-order valence-electron chi connectivity index (χ0n) is 8.31. The van der Waals surface area contributed by atoms with E-state index in [1.54, 1.807) is 12.1 Å². The number of halogens is 1. The molecule has 0 unspecified atom stereocenters. The molecule has 0 amide bonds. The number of dihydropyridines is 1. The predicted molar refractivity (Wildman–Crippen MR) is 63.0 cm³/mol. The molecule has 1 aliphatic heterocycles. The largest absolute Gasteiger partial charge is 0.372 e. The lowest BCUT2D eigenvalue weighted by Gasteiger charge is -2.12. The molecule has 0 fully saturated rings. The van der Waals surface area contributed by atoms with Crippen molar-refractivity contribution in [2.24, 2.45) is 0 Å². The number of nitrogens with one attached hydrogen (secondary N) is 1. The summed E-state index contributed by atoms with van der Waals surface area (Å²) in [6.45, 7) is 0.704. The molecule has 16 heavy (non-hydrogen) atoms. The zero-order valence-corrected chi connectivity index (χ0v) is 9.07. The number of rotatable bonds is 2. The lowest BCUT2D eigenvalue weighted by atomic mass is 10.0. The van der Waals surface area contributed by atoms with E-state index < -0.39 is 4.92 Å². The van der Waals surface area contributed by atoms with E-state index in [4.69, 9.17) is 11.6 Å². The summed E-state index contributed by atoms with van der Waals surface area (Å²) in [5.41, 5.74) is 1.79. The molecule has 0 atom stereocenters. The van der Waals surface area contributed by atoms with Crippen LogP contribution in [-0.4, -0.2) is 11.5 Å². The van der Waals surface area contributed by atoms with Crippen molar-refractivity contribution >= 4 is 22.9 Å². The lowest BCUT2D eigenvalue weighted by molar-refractivity contribution is -0.384. The molecule has 0 radical (unpaired) electrons. The van der Waals surface area contributed by atoms with Crippen molar-refractivity contribution < 1.29 is 4.92 Å². The number of nitro benzene ring substituents is 1. The first kappa shape index (κ1) is 10.7. The highest BCUT2D eigenvalue weighted by molar-refractivity contribution is 6.33. The van der Waals surface area contributed by atoms with Crippen LogP contribution in [0.1, 0.15) is 5.56 Å². The van der Waals surface area contributed by atoms with Crippen LogP contribution >= 0.6 is 11.6 Å². The van der Waals surface area contributed by atoms with Gasteiger partial charge in [-0.25, -0.2) is 0 Å². The summed E-state index contributed by atoms with van der Waals surface area (Å²) in [4.78, 5) is 10.1. The first-order valence-corrected chi connectivity index (χ1v) is 5.11. The molecule has 5 heteroatoms. The highest BCUT2D eigenvalue weighted by Crippen LogP contribution is 2.25. The zero-order chi connectivity index (χ0) is 11.5. The van der Waals surface area contributed by atoms with Crippen molar-refractivity contribution in [2.45, 2.75) is 0 Å². The Morgan fingerprint density at radius 1 is 1.31 bits per heavy atom. The number of nitrogens with zero attached hydrogens (tertiary/aromatic N) is 1. The van der Waals surface area contributed by atoms with E-state index in [1.807, 2.05) is 12.2 Å². The molecule has 0 aromatic heterocycles. The summed E-state index contributed by atoms with van der Waals surface area (Å²) in [5, 5.41) is 14.1. The Morgan fingerprint density at radius 3 is 2.56 bits per heavy atom. The van der Waals surface area contributed by atoms with Crippen LogP contribution in [0.5, 0.6) is 0 Å². The molecular weight excluding hydrogens is 228 g/mol. The van der Waals surface area contributed by atoms with E-state index >= 15 is 0 Å². The van der Waals surface area contributed by atoms with E-state index in [9.17, 15) is 10.1 Å². The number of nitro groups is 1. The third-order valence-corrected chi connectivity index (χ3v) is 2.62. The van der Waals surface area contributed by atoms with Gasteiger partial charge in [0.05, 0.1) is 4.92 Å². The Labute approximate surface area is 97.4 Å². The Morgan fingerprint density at radius 2 is 2.00 bits per heavy atom. The number of non-ortho nitro benzene ring substituents is 1. The predicted octanol–water partition coefficient (Wildman–Crippen LogP) is 2.66. The molecule has 4 nitrogen and oxygen atoms in total. The van der Waals surface area contributed by atoms with Crippen LogP contribution in [0.2, 0.25) is 0 Å². The minimum absolute atomic E-state index is 0.0771. The van der Waals surface area contributed by atoms with E-state index in [2.05, 4.69) is 5.32 Å². The van der Waals surface area contributed by atoms with Gasteiger partial charge in [0.1, 0.15) is 5.16 Å². The minimum Gasteiger partial charge on any atom is -0.372 e. The molecule has 0 saturated carbocycles. The third-order valence-electron chi connectivity index (χ3n) is 2.29. The van der Waals surface area contributed by atoms with Gasteiger partial charge in [-0.15, -0.1) is 0 Å². The van der Waals surface area contributed by atoms with Crippen molar-refractivity contribution in [1.82, 2.24) is 5.32 Å². The van der Waals surface area contributed by atoms with Crippen molar-refractivity contribution in [1.29, 1.82) is 0 Å². The van der Waals surface area contributed by atoms with Crippen LogP contribution in [0.25, 0.3) is 5.57 Å². The molecule has 82 valence electrons. The molecule has 0 aliphatic carbocycles. The van der Waals surface area contributed by atoms with Gasteiger partial charge < -0.3 is 5.32 Å². The fourth-order valence-corrected chi connectivity index (χ4v) is 1.73. The van der Waals surface area contributed by atoms with Gasteiger partial charge in [0.25, 0.3) is 5.69 Å². The molecule has 1 heterocycles. The molecule has 1 aliphatic rings. The van der Waals surface area contributed by atoms with Crippen LogP contribution in [0.15, 0.2) is 41.6 Å². The van der Waals surface area contributed by atoms with Gasteiger partial charge in [-0.05, 0) is 17.7 Å². The fourth-order valence-electron chi connectivity index (χ4n) is 1.48. The topological polar surface area (TPSA) is 55.2 Å². The summed E-state index contributed by atoms with van der Waals surface area (Å²) in [7, 11) is 0. The van der Waals surface area contributed by atoms with Gasteiger partial charge in [-0.2, -0.15) is 0 Å². The van der Waals surface area contributed by atoms with Crippen molar-refractivity contribution in [3.05, 3.63) is 57.3 Å². The van der Waals surface area contributed by atoms with Crippen LogP contribution in [0, 0.1) is 10.1 Å². The van der Waals surface area contributed by atoms with Crippen LogP contribution in [0.4, 0.5) is 5.69 Å². The van der Waals surface area contributed by atoms with E-state index in [0.717, 1.165) is 11.1 Å². The van der Waals surface area contributed by atoms with E-state index in [1.165, 1.54) is 12.1 Å². The second-order valence-corrected chi connectivity index (χ2v) is 3.69. The highest BCUT2D eigenvalue weighted by Gasteiger charge is 2.10. The standard InChI is InChI=1S/C11H9ClN2O2/c12-11-10(2-1-7-13-11)8-3-5-9(6-4-8)14(15)16/h1-6,13H,7H2. The second kappa shape index (κ2) is 4.37. The number of hydrogen-bond donors (Lipinski definition) is 1. The number of benzene rings is 1. The van der Waals surface area contributed by atoms with Gasteiger partial charge in [0, 0.05) is 24.3 Å². The quantitative estimate of drug-likeness (QED) is 0.488. The van der Waals surface area contributed by atoms with Crippen LogP contribution < -0.4 is 5.32 Å². The van der Waals surface area contributed by atoms with Crippen molar-refractivity contribution in [2.75, 3.05) is 6.54 Å². The Balaban J connectivity index is 2.35. The maximum atomic E-state index is 10.5. The second-order valence-electron chi connectivity index (χ2n) is 3.31. The molecule has 0 spiro atoms. The number of hydrogen-bond acceptors (Lipinski definition) is 3. The van der Waals surface area contributed by atoms with Crippen molar-refractivity contribution in [3.63, 3.8) is 0 Å². The molecule has 2 rings (SSSR count). The van der Waals surface area contributed by atoms with E-state index in [-0.39, 0.29) is 5.69 Å². The lowest BCUT2D eigenvalue weighted by Crippen LogP contribution is -2.13. The summed E-state index contributed by atoms with van der Waals surface area (Å²) in [5.74, 6) is 0. The molecular formula is C11H9ClN2O2. The summed E-state index contributed by atoms with van der Waals surface area (Å²) >= 11 is 6.00. The molecule has 1 aromatic carbocycles. The maximum Gasteiger partial charge on any atom is 0.269 e. The minimum atomic E-state index is -0.422. The van der Waals surface area contributed by atoms with Gasteiger partial charge >= 0.3 is 0 Å². The monoisotopic (exact) mass is 236 g/mol. The average Bonchev–Trinajstić information content (AvgIpc) is 2.30. The van der Waals surface area contributed by atoms with Crippen LogP contribution in [0.3, 0.4) is 0 Å². The fraction of sp³-hybridized carbons (Fsp3) is 0.0909. The molecule has 1 aromatic rings.